The summed E-state index contributed by atoms with van der Waals surface area (Å²) in [5, 5.41) is 23.4. The highest BCUT2D eigenvalue weighted by Gasteiger charge is 2.79. The SMILES string of the molecule is O=S(=O)([C@H]1[C@@H](O)[C@@]2(O)c3ncc(Cl)cc3O[C@@]2(c2ccc(Br)cc2)[C@@H]1c1ccccc1)N1CCCC1. The predicted octanol–water partition coefficient (Wildman–Crippen LogP) is 3.93. The van der Waals surface area contributed by atoms with Crippen LogP contribution in [0.2, 0.25) is 5.02 Å². The molecule has 2 aliphatic heterocycles. The van der Waals surface area contributed by atoms with Crippen LogP contribution < -0.4 is 4.74 Å². The van der Waals surface area contributed by atoms with Crippen LogP contribution in [0.4, 0.5) is 0 Å². The van der Waals surface area contributed by atoms with E-state index in [1.54, 1.807) is 30.3 Å². The number of aliphatic hydroxyl groups is 2. The molecule has 3 aromatic rings. The number of nitrogens with zero attached hydrogens (tertiary/aromatic N) is 2. The van der Waals surface area contributed by atoms with E-state index in [-0.39, 0.29) is 11.4 Å². The maximum absolute atomic E-state index is 14.1. The molecule has 2 N–H and O–H groups in total. The van der Waals surface area contributed by atoms with Gasteiger partial charge in [-0.1, -0.05) is 70.0 Å². The largest absolute Gasteiger partial charge is 0.476 e. The molecule has 6 rings (SSSR count). The van der Waals surface area contributed by atoms with E-state index in [9.17, 15) is 18.6 Å². The van der Waals surface area contributed by atoms with Crippen molar-refractivity contribution in [1.29, 1.82) is 0 Å². The van der Waals surface area contributed by atoms with Crippen molar-refractivity contribution in [2.24, 2.45) is 0 Å². The summed E-state index contributed by atoms with van der Waals surface area (Å²) in [6.07, 6.45) is 1.14. The minimum absolute atomic E-state index is 0.0716. The molecule has 3 heterocycles. The van der Waals surface area contributed by atoms with E-state index < -0.39 is 38.5 Å². The number of hydrogen-bond donors (Lipinski definition) is 2. The van der Waals surface area contributed by atoms with Crippen LogP contribution in [0.15, 0.2) is 71.3 Å². The van der Waals surface area contributed by atoms with Gasteiger partial charge in [0, 0.05) is 29.8 Å². The third-order valence-corrected chi connectivity index (χ3v) is 10.8. The van der Waals surface area contributed by atoms with Crippen LogP contribution in [-0.4, -0.2) is 52.4 Å². The van der Waals surface area contributed by atoms with Crippen molar-refractivity contribution in [2.75, 3.05) is 13.1 Å². The van der Waals surface area contributed by atoms with Gasteiger partial charge in [-0.05, 0) is 36.1 Å². The van der Waals surface area contributed by atoms with Crippen LogP contribution in [0.3, 0.4) is 0 Å². The van der Waals surface area contributed by atoms with Gasteiger partial charge in [0.15, 0.2) is 11.2 Å². The fourth-order valence-electron chi connectivity index (χ4n) is 6.21. The second-order valence-corrected chi connectivity index (χ2v) is 13.0. The smallest absolute Gasteiger partial charge is 0.220 e. The second-order valence-electron chi connectivity index (χ2n) is 9.56. The number of ether oxygens (including phenoxy) is 1. The number of halogens is 2. The van der Waals surface area contributed by atoms with Crippen LogP contribution >= 0.6 is 27.5 Å². The second kappa shape index (κ2) is 8.51. The lowest BCUT2D eigenvalue weighted by Gasteiger charge is -2.40. The van der Waals surface area contributed by atoms with Crippen molar-refractivity contribution in [3.63, 3.8) is 0 Å². The summed E-state index contributed by atoms with van der Waals surface area (Å²) in [6, 6.07) is 17.8. The quantitative estimate of drug-likeness (QED) is 0.477. The Balaban J connectivity index is 1.68. The highest BCUT2D eigenvalue weighted by Crippen LogP contribution is 2.67. The summed E-state index contributed by atoms with van der Waals surface area (Å²) >= 11 is 9.67. The molecule has 1 aliphatic carbocycles. The van der Waals surface area contributed by atoms with Gasteiger partial charge < -0.3 is 14.9 Å². The normalized spacial score (nSPS) is 31.7. The van der Waals surface area contributed by atoms with Gasteiger partial charge in [0.1, 0.15) is 22.8 Å². The number of rotatable bonds is 4. The Morgan fingerprint density at radius 2 is 1.75 bits per heavy atom. The predicted molar refractivity (Wildman–Crippen MR) is 138 cm³/mol. The molecule has 7 nitrogen and oxygen atoms in total. The average molecular weight is 592 g/mol. The zero-order valence-electron chi connectivity index (χ0n) is 19.1. The number of pyridine rings is 1. The molecule has 0 amide bonds. The third-order valence-electron chi connectivity index (χ3n) is 7.72. The Kier molecular flexibility index (Phi) is 5.75. The van der Waals surface area contributed by atoms with E-state index in [4.69, 9.17) is 16.3 Å². The van der Waals surface area contributed by atoms with Gasteiger partial charge in [0.25, 0.3) is 0 Å². The van der Waals surface area contributed by atoms with Crippen LogP contribution in [0, 0.1) is 0 Å². The van der Waals surface area contributed by atoms with E-state index in [0.29, 0.717) is 29.2 Å². The fraction of sp³-hybridized carbons (Fsp3) is 0.346. The Morgan fingerprint density at radius 1 is 1.08 bits per heavy atom. The summed E-state index contributed by atoms with van der Waals surface area (Å²) in [5.74, 6) is -0.747. The van der Waals surface area contributed by atoms with Crippen molar-refractivity contribution < 1.29 is 23.4 Å². The van der Waals surface area contributed by atoms with Crippen molar-refractivity contribution in [3.8, 4) is 5.75 Å². The Morgan fingerprint density at radius 3 is 2.42 bits per heavy atom. The molecule has 2 aromatic carbocycles. The molecule has 1 saturated heterocycles. The molecular weight excluding hydrogens is 568 g/mol. The maximum Gasteiger partial charge on any atom is 0.220 e. The van der Waals surface area contributed by atoms with E-state index in [1.165, 1.54) is 10.5 Å². The molecule has 1 aromatic heterocycles. The van der Waals surface area contributed by atoms with Crippen molar-refractivity contribution in [2.45, 2.75) is 41.3 Å². The first-order valence-corrected chi connectivity index (χ1v) is 14.4. The van der Waals surface area contributed by atoms with Crippen LogP contribution in [-0.2, 0) is 21.2 Å². The molecule has 0 bridgehead atoms. The Bertz CT molecular complexity index is 1420. The zero-order chi connectivity index (χ0) is 25.3. The molecule has 10 heteroatoms. The van der Waals surface area contributed by atoms with Crippen molar-refractivity contribution in [3.05, 3.63) is 93.2 Å². The van der Waals surface area contributed by atoms with Gasteiger partial charge in [-0.3, -0.25) is 4.98 Å². The minimum Gasteiger partial charge on any atom is -0.476 e. The van der Waals surface area contributed by atoms with Crippen LogP contribution in [0.1, 0.15) is 35.6 Å². The third kappa shape index (κ3) is 3.20. The van der Waals surface area contributed by atoms with Gasteiger partial charge in [-0.2, -0.15) is 0 Å². The molecule has 188 valence electrons. The summed E-state index contributed by atoms with van der Waals surface area (Å²) in [4.78, 5) is 4.37. The number of fused-ring (bicyclic) bond motifs is 3. The van der Waals surface area contributed by atoms with Crippen LogP contribution in [0.5, 0.6) is 5.75 Å². The van der Waals surface area contributed by atoms with E-state index in [0.717, 1.165) is 17.3 Å². The first kappa shape index (κ1) is 24.3. The molecule has 3 aliphatic rings. The summed E-state index contributed by atoms with van der Waals surface area (Å²) in [5.41, 5.74) is -2.64. The first-order valence-electron chi connectivity index (χ1n) is 11.8. The van der Waals surface area contributed by atoms with E-state index in [2.05, 4.69) is 20.9 Å². The Hall–Kier alpha value is -2.01. The number of sulfonamides is 1. The summed E-state index contributed by atoms with van der Waals surface area (Å²) in [6.45, 7) is 0.754. The topological polar surface area (TPSA) is 100.0 Å². The maximum atomic E-state index is 14.1. The lowest BCUT2D eigenvalue weighted by molar-refractivity contribution is -0.150. The van der Waals surface area contributed by atoms with Gasteiger partial charge in [-0.15, -0.1) is 0 Å². The summed E-state index contributed by atoms with van der Waals surface area (Å²) in [7, 11) is -4.05. The number of hydrogen-bond acceptors (Lipinski definition) is 6. The lowest BCUT2D eigenvalue weighted by atomic mass is 9.72. The zero-order valence-corrected chi connectivity index (χ0v) is 22.2. The minimum atomic E-state index is -4.05. The molecule has 36 heavy (non-hydrogen) atoms. The molecular formula is C26H24BrClN2O5S. The summed E-state index contributed by atoms with van der Waals surface area (Å²) < 4.78 is 37.1. The average Bonchev–Trinajstić information content (AvgIpc) is 3.54. The van der Waals surface area contributed by atoms with E-state index >= 15 is 0 Å². The molecule has 1 saturated carbocycles. The first-order chi connectivity index (χ1) is 17.2. The van der Waals surface area contributed by atoms with Gasteiger partial charge in [-0.25, -0.2) is 12.7 Å². The number of aliphatic hydroxyl groups excluding tert-OH is 1. The van der Waals surface area contributed by atoms with Gasteiger partial charge in [0.05, 0.1) is 10.9 Å². The Labute approximate surface area is 222 Å². The molecule has 0 unspecified atom stereocenters. The lowest BCUT2D eigenvalue weighted by Crippen LogP contribution is -2.52. The molecule has 0 radical (unpaired) electrons. The monoisotopic (exact) mass is 590 g/mol. The fourth-order valence-corrected chi connectivity index (χ4v) is 8.95. The van der Waals surface area contributed by atoms with Gasteiger partial charge >= 0.3 is 0 Å². The molecule has 5 atom stereocenters. The van der Waals surface area contributed by atoms with Crippen LogP contribution in [0.25, 0.3) is 0 Å². The van der Waals surface area contributed by atoms with Gasteiger partial charge in [0.2, 0.25) is 10.0 Å². The standard InChI is InChI=1S/C26H24BrClN2O5S/c27-18-10-8-17(9-11-18)26-21(16-6-2-1-3-7-16)22(36(33,34)30-12-4-5-13-30)24(31)25(26,32)23-20(35-26)14-19(28)15-29-23/h1-3,6-11,14-15,21-22,24,31-32H,4-5,12-13H2/t21-,22-,24-,25+,26+/m1/s1. The number of aromatic nitrogens is 1. The highest BCUT2D eigenvalue weighted by atomic mass is 79.9. The van der Waals surface area contributed by atoms with Crippen molar-refractivity contribution >= 4 is 37.6 Å². The van der Waals surface area contributed by atoms with E-state index in [1.807, 2.05) is 30.3 Å². The number of benzene rings is 2. The molecule has 2 fully saturated rings. The van der Waals surface area contributed by atoms with Crippen molar-refractivity contribution in [1.82, 2.24) is 9.29 Å². The molecule has 0 spiro atoms. The highest BCUT2D eigenvalue weighted by molar-refractivity contribution is 9.10.